The van der Waals surface area contributed by atoms with Gasteiger partial charge in [0.25, 0.3) is 0 Å². The lowest BCUT2D eigenvalue weighted by atomic mass is 9.97. The average Bonchev–Trinajstić information content (AvgIpc) is 2.79. The lowest BCUT2D eigenvalue weighted by Gasteiger charge is -2.11. The van der Waals surface area contributed by atoms with E-state index in [4.69, 9.17) is 4.74 Å². The molecule has 160 valence electrons. The molecular formula is C22H15F4NO4. The highest BCUT2D eigenvalue weighted by atomic mass is 19.2. The Morgan fingerprint density at radius 2 is 1.58 bits per heavy atom. The lowest BCUT2D eigenvalue weighted by molar-refractivity contribution is 0.0525. The van der Waals surface area contributed by atoms with Crippen LogP contribution in [0.25, 0.3) is 22.4 Å². The number of esters is 2. The highest BCUT2D eigenvalue weighted by Crippen LogP contribution is 2.32. The van der Waals surface area contributed by atoms with E-state index in [0.717, 1.165) is 13.2 Å². The van der Waals surface area contributed by atoms with Gasteiger partial charge in [-0.05, 0) is 48.9 Å². The molecule has 0 unspecified atom stereocenters. The van der Waals surface area contributed by atoms with Crippen LogP contribution in [-0.4, -0.2) is 30.6 Å². The molecule has 0 aliphatic heterocycles. The fraction of sp³-hybridized carbons (Fsp3) is 0.136. The summed E-state index contributed by atoms with van der Waals surface area (Å²) in [6.45, 7) is 1.79. The van der Waals surface area contributed by atoms with Gasteiger partial charge in [0.15, 0.2) is 23.3 Å². The highest BCUT2D eigenvalue weighted by molar-refractivity contribution is 5.94. The molecule has 0 saturated carbocycles. The van der Waals surface area contributed by atoms with Crippen molar-refractivity contribution < 1.29 is 36.6 Å². The Morgan fingerprint density at radius 3 is 2.26 bits per heavy atom. The van der Waals surface area contributed by atoms with Gasteiger partial charge in [-0.1, -0.05) is 0 Å². The molecule has 9 heteroatoms. The van der Waals surface area contributed by atoms with Gasteiger partial charge in [-0.25, -0.2) is 27.2 Å². The Hall–Kier alpha value is -3.75. The number of rotatable bonds is 5. The number of ether oxygens (including phenoxy) is 2. The molecule has 0 spiro atoms. The molecule has 1 aromatic heterocycles. The number of benzene rings is 2. The van der Waals surface area contributed by atoms with Crippen molar-refractivity contribution in [3.8, 4) is 22.4 Å². The summed E-state index contributed by atoms with van der Waals surface area (Å²) in [7, 11) is 1.12. The predicted molar refractivity (Wildman–Crippen MR) is 102 cm³/mol. The van der Waals surface area contributed by atoms with Crippen LogP contribution >= 0.6 is 0 Å². The highest BCUT2D eigenvalue weighted by Gasteiger charge is 2.22. The van der Waals surface area contributed by atoms with Crippen LogP contribution < -0.4 is 0 Å². The number of pyridine rings is 1. The van der Waals surface area contributed by atoms with E-state index in [2.05, 4.69) is 9.72 Å². The standard InChI is InChI=1S/C22H15F4NO4/c1-3-31-22(29)11-4-5-27-17(9-11)13-6-12(7-14(8-13)21(28)30-2)15-10-16(23)19(25)20(26)18(15)24/h4-10H,3H2,1-2H3. The zero-order valence-corrected chi connectivity index (χ0v) is 16.3. The number of carbonyl (C=O) groups excluding carboxylic acids is 2. The number of methoxy groups -OCH3 is 1. The Bertz CT molecular complexity index is 1180. The second-order valence-corrected chi connectivity index (χ2v) is 6.29. The van der Waals surface area contributed by atoms with Crippen LogP contribution in [0.15, 0.2) is 42.6 Å². The molecule has 0 radical (unpaired) electrons. The summed E-state index contributed by atoms with van der Waals surface area (Å²) in [5.41, 5.74) is -0.235. The molecule has 0 aliphatic rings. The number of hydrogen-bond acceptors (Lipinski definition) is 5. The number of nitrogens with zero attached hydrogens (tertiary/aromatic N) is 1. The SMILES string of the molecule is CCOC(=O)c1ccnc(-c2cc(C(=O)OC)cc(-c3cc(F)c(F)c(F)c3F)c2)c1. The molecule has 1 heterocycles. The van der Waals surface area contributed by atoms with E-state index in [1.165, 1.54) is 30.5 Å². The molecule has 0 fully saturated rings. The van der Waals surface area contributed by atoms with E-state index in [1.807, 2.05) is 0 Å². The first-order valence-corrected chi connectivity index (χ1v) is 8.97. The van der Waals surface area contributed by atoms with Gasteiger partial charge in [0, 0.05) is 17.3 Å². The van der Waals surface area contributed by atoms with Crippen molar-refractivity contribution in [2.24, 2.45) is 0 Å². The summed E-state index contributed by atoms with van der Waals surface area (Å²) in [4.78, 5) is 28.2. The maximum Gasteiger partial charge on any atom is 0.338 e. The van der Waals surface area contributed by atoms with Crippen molar-refractivity contribution in [2.45, 2.75) is 6.92 Å². The maximum absolute atomic E-state index is 14.4. The fourth-order valence-electron chi connectivity index (χ4n) is 2.88. The maximum atomic E-state index is 14.4. The van der Waals surface area contributed by atoms with E-state index in [-0.39, 0.29) is 34.6 Å². The van der Waals surface area contributed by atoms with Crippen LogP contribution in [0.1, 0.15) is 27.6 Å². The number of hydrogen-bond donors (Lipinski definition) is 0. The van der Waals surface area contributed by atoms with Crippen LogP contribution in [0.2, 0.25) is 0 Å². The monoisotopic (exact) mass is 433 g/mol. The third-order valence-electron chi connectivity index (χ3n) is 4.33. The van der Waals surface area contributed by atoms with Crippen molar-refractivity contribution in [2.75, 3.05) is 13.7 Å². The first kappa shape index (κ1) is 21.9. The van der Waals surface area contributed by atoms with Crippen molar-refractivity contribution >= 4 is 11.9 Å². The molecule has 0 bridgehead atoms. The third-order valence-corrected chi connectivity index (χ3v) is 4.33. The Balaban J connectivity index is 2.22. The zero-order chi connectivity index (χ0) is 22.7. The minimum absolute atomic E-state index is 0.0807. The first-order valence-electron chi connectivity index (χ1n) is 8.97. The molecule has 0 atom stereocenters. The molecule has 5 nitrogen and oxygen atoms in total. The minimum Gasteiger partial charge on any atom is -0.465 e. The zero-order valence-electron chi connectivity index (χ0n) is 16.3. The summed E-state index contributed by atoms with van der Waals surface area (Å²) in [6.07, 6.45) is 1.32. The largest absolute Gasteiger partial charge is 0.465 e. The van der Waals surface area contributed by atoms with Crippen molar-refractivity contribution in [3.05, 3.63) is 77.0 Å². The van der Waals surface area contributed by atoms with Crippen molar-refractivity contribution in [3.63, 3.8) is 0 Å². The quantitative estimate of drug-likeness (QED) is 0.247. The van der Waals surface area contributed by atoms with Gasteiger partial charge >= 0.3 is 11.9 Å². The fourth-order valence-corrected chi connectivity index (χ4v) is 2.88. The van der Waals surface area contributed by atoms with E-state index in [9.17, 15) is 27.2 Å². The van der Waals surface area contributed by atoms with Gasteiger partial charge in [0.1, 0.15) is 0 Å². The topological polar surface area (TPSA) is 65.5 Å². The van der Waals surface area contributed by atoms with Gasteiger partial charge in [-0.2, -0.15) is 0 Å². The Morgan fingerprint density at radius 1 is 0.871 bits per heavy atom. The second-order valence-electron chi connectivity index (χ2n) is 6.29. The second kappa shape index (κ2) is 8.95. The van der Waals surface area contributed by atoms with Crippen LogP contribution in [0.5, 0.6) is 0 Å². The lowest BCUT2D eigenvalue weighted by Crippen LogP contribution is -2.06. The van der Waals surface area contributed by atoms with Crippen molar-refractivity contribution in [1.29, 1.82) is 0 Å². The summed E-state index contributed by atoms with van der Waals surface area (Å²) in [6, 6.07) is 7.05. The summed E-state index contributed by atoms with van der Waals surface area (Å²) < 4.78 is 64.8. The van der Waals surface area contributed by atoms with E-state index in [1.54, 1.807) is 6.92 Å². The first-order chi connectivity index (χ1) is 14.8. The van der Waals surface area contributed by atoms with Crippen LogP contribution in [0.3, 0.4) is 0 Å². The van der Waals surface area contributed by atoms with Crippen LogP contribution in [0, 0.1) is 23.3 Å². The summed E-state index contributed by atoms with van der Waals surface area (Å²) in [5.74, 6) is -8.57. The molecule has 31 heavy (non-hydrogen) atoms. The molecule has 3 aromatic rings. The number of carbonyl (C=O) groups is 2. The predicted octanol–water partition coefficient (Wildman–Crippen LogP) is 4.94. The summed E-state index contributed by atoms with van der Waals surface area (Å²) in [5, 5.41) is 0. The van der Waals surface area contributed by atoms with Gasteiger partial charge in [0.2, 0.25) is 0 Å². The molecule has 0 N–H and O–H groups in total. The average molecular weight is 433 g/mol. The smallest absolute Gasteiger partial charge is 0.338 e. The third kappa shape index (κ3) is 4.40. The summed E-state index contributed by atoms with van der Waals surface area (Å²) >= 11 is 0. The van der Waals surface area contributed by atoms with Gasteiger partial charge < -0.3 is 9.47 Å². The molecule has 0 saturated heterocycles. The van der Waals surface area contributed by atoms with Crippen LogP contribution in [0.4, 0.5) is 17.6 Å². The molecule has 3 rings (SSSR count). The van der Waals surface area contributed by atoms with Crippen LogP contribution in [-0.2, 0) is 9.47 Å². The van der Waals surface area contributed by atoms with Gasteiger partial charge in [-0.3, -0.25) is 4.98 Å². The number of halogens is 4. The normalized spacial score (nSPS) is 10.6. The molecule has 0 amide bonds. The molecule has 0 aliphatic carbocycles. The Labute approximate surface area is 174 Å². The van der Waals surface area contributed by atoms with Gasteiger partial charge in [-0.15, -0.1) is 0 Å². The molecular weight excluding hydrogens is 418 g/mol. The van der Waals surface area contributed by atoms with Gasteiger partial charge in [0.05, 0.1) is 30.5 Å². The molecule has 2 aromatic carbocycles. The Kier molecular flexibility index (Phi) is 6.33. The van der Waals surface area contributed by atoms with E-state index >= 15 is 0 Å². The number of aromatic nitrogens is 1. The van der Waals surface area contributed by atoms with Crippen molar-refractivity contribution in [1.82, 2.24) is 4.98 Å². The van der Waals surface area contributed by atoms with E-state index < -0.39 is 40.8 Å². The minimum atomic E-state index is -1.98. The van der Waals surface area contributed by atoms with E-state index in [0.29, 0.717) is 6.07 Å².